The van der Waals surface area contributed by atoms with E-state index in [1.54, 1.807) is 29.2 Å². The first-order valence-electron chi connectivity index (χ1n) is 9.16. The highest BCUT2D eigenvalue weighted by Crippen LogP contribution is 2.20. The zero-order chi connectivity index (χ0) is 18.4. The molecule has 26 heavy (non-hydrogen) atoms. The van der Waals surface area contributed by atoms with Gasteiger partial charge in [-0.15, -0.1) is 0 Å². The van der Waals surface area contributed by atoms with E-state index in [4.69, 9.17) is 0 Å². The maximum atomic E-state index is 12.6. The molecule has 3 rings (SSSR count). The monoisotopic (exact) mass is 351 g/mol. The molecule has 0 heterocycles. The Labute approximate surface area is 154 Å². The van der Waals surface area contributed by atoms with Crippen molar-refractivity contribution in [3.63, 3.8) is 0 Å². The molecule has 0 aliphatic heterocycles. The molecule has 5 nitrogen and oxygen atoms in total. The molecule has 0 atom stereocenters. The van der Waals surface area contributed by atoms with Crippen LogP contribution in [0.4, 0.5) is 10.5 Å². The quantitative estimate of drug-likeness (QED) is 0.791. The molecule has 0 unspecified atom stereocenters. The zero-order valence-electron chi connectivity index (χ0n) is 15.1. The van der Waals surface area contributed by atoms with Gasteiger partial charge in [0, 0.05) is 30.4 Å². The van der Waals surface area contributed by atoms with Gasteiger partial charge in [0.15, 0.2) is 0 Å². The molecule has 0 aromatic heterocycles. The Balaban J connectivity index is 1.60. The number of carbonyl (C=O) groups excluding carboxylic acids is 2. The van der Waals surface area contributed by atoms with E-state index < -0.39 is 0 Å². The summed E-state index contributed by atoms with van der Waals surface area (Å²) in [6, 6.07) is 17.2. The third-order valence-corrected chi connectivity index (χ3v) is 4.31. The molecule has 2 N–H and O–H groups in total. The Morgan fingerprint density at radius 1 is 1.04 bits per heavy atom. The minimum absolute atomic E-state index is 0.0536. The molecule has 1 saturated carbocycles. The molecule has 0 bridgehead atoms. The SMILES string of the molecule is CCCN(Cc1ccccc1)C(=O)Nc1ccc(C(=O)NC2CC2)cc1. The molecule has 3 amide bonds. The molecule has 2 aromatic carbocycles. The van der Waals surface area contributed by atoms with Gasteiger partial charge in [-0.25, -0.2) is 4.79 Å². The van der Waals surface area contributed by atoms with Crippen molar-refractivity contribution in [2.45, 2.75) is 38.8 Å². The van der Waals surface area contributed by atoms with Crippen LogP contribution < -0.4 is 10.6 Å². The lowest BCUT2D eigenvalue weighted by atomic mass is 10.2. The Morgan fingerprint density at radius 2 is 1.73 bits per heavy atom. The Hall–Kier alpha value is -2.82. The lowest BCUT2D eigenvalue weighted by molar-refractivity contribution is 0.0951. The predicted octanol–water partition coefficient (Wildman–Crippen LogP) is 4.02. The minimum atomic E-state index is -0.133. The van der Waals surface area contributed by atoms with Gasteiger partial charge in [-0.05, 0) is 49.1 Å². The van der Waals surface area contributed by atoms with Crippen molar-refractivity contribution >= 4 is 17.6 Å². The van der Waals surface area contributed by atoms with Gasteiger partial charge >= 0.3 is 6.03 Å². The fourth-order valence-corrected chi connectivity index (χ4v) is 2.73. The molecule has 1 fully saturated rings. The van der Waals surface area contributed by atoms with Crippen LogP contribution in [0.2, 0.25) is 0 Å². The van der Waals surface area contributed by atoms with E-state index in [0.29, 0.717) is 30.4 Å². The second-order valence-corrected chi connectivity index (χ2v) is 6.66. The summed E-state index contributed by atoms with van der Waals surface area (Å²) in [5.41, 5.74) is 2.40. The Morgan fingerprint density at radius 3 is 2.35 bits per heavy atom. The number of nitrogens with zero attached hydrogens (tertiary/aromatic N) is 1. The number of anilines is 1. The molecular weight excluding hydrogens is 326 g/mol. The molecule has 136 valence electrons. The molecular formula is C21H25N3O2. The van der Waals surface area contributed by atoms with Crippen LogP contribution in [0, 0.1) is 0 Å². The maximum Gasteiger partial charge on any atom is 0.322 e. The molecule has 0 radical (unpaired) electrons. The van der Waals surface area contributed by atoms with Crippen LogP contribution in [0.15, 0.2) is 54.6 Å². The molecule has 2 aromatic rings. The van der Waals surface area contributed by atoms with Gasteiger partial charge in [0.25, 0.3) is 5.91 Å². The molecule has 0 saturated heterocycles. The van der Waals surface area contributed by atoms with E-state index in [9.17, 15) is 9.59 Å². The summed E-state index contributed by atoms with van der Waals surface area (Å²) in [6.45, 7) is 3.31. The van der Waals surface area contributed by atoms with Crippen molar-refractivity contribution in [1.82, 2.24) is 10.2 Å². The minimum Gasteiger partial charge on any atom is -0.349 e. The Bertz CT molecular complexity index is 740. The summed E-state index contributed by atoms with van der Waals surface area (Å²) in [7, 11) is 0. The highest BCUT2D eigenvalue weighted by Gasteiger charge is 2.23. The van der Waals surface area contributed by atoms with E-state index in [0.717, 1.165) is 24.8 Å². The fraction of sp³-hybridized carbons (Fsp3) is 0.333. The largest absolute Gasteiger partial charge is 0.349 e. The topological polar surface area (TPSA) is 61.4 Å². The standard InChI is InChI=1S/C21H25N3O2/c1-2-14-24(15-16-6-4-3-5-7-16)21(26)23-19-10-8-17(9-11-19)20(25)22-18-12-13-18/h3-11,18H,2,12-15H2,1H3,(H,22,25)(H,23,26). The highest BCUT2D eigenvalue weighted by atomic mass is 16.2. The second kappa shape index (κ2) is 8.52. The average molecular weight is 351 g/mol. The van der Waals surface area contributed by atoms with Gasteiger partial charge in [0.1, 0.15) is 0 Å². The van der Waals surface area contributed by atoms with Crippen molar-refractivity contribution in [1.29, 1.82) is 0 Å². The number of rotatable bonds is 7. The molecule has 1 aliphatic carbocycles. The average Bonchev–Trinajstić information content (AvgIpc) is 3.47. The third-order valence-electron chi connectivity index (χ3n) is 4.31. The fourth-order valence-electron chi connectivity index (χ4n) is 2.73. The molecule has 0 spiro atoms. The molecule has 5 heteroatoms. The number of hydrogen-bond acceptors (Lipinski definition) is 2. The van der Waals surface area contributed by atoms with Crippen LogP contribution >= 0.6 is 0 Å². The summed E-state index contributed by atoms with van der Waals surface area (Å²) in [5, 5.41) is 5.88. The lowest BCUT2D eigenvalue weighted by Gasteiger charge is -2.22. The van der Waals surface area contributed by atoms with Crippen LogP contribution in [0.1, 0.15) is 42.1 Å². The first-order valence-corrected chi connectivity index (χ1v) is 9.16. The highest BCUT2D eigenvalue weighted by molar-refractivity contribution is 5.95. The van der Waals surface area contributed by atoms with Crippen LogP contribution in [0.5, 0.6) is 0 Å². The van der Waals surface area contributed by atoms with Crippen LogP contribution in [-0.2, 0) is 6.54 Å². The first-order chi connectivity index (χ1) is 12.7. The maximum absolute atomic E-state index is 12.6. The third kappa shape index (κ3) is 5.09. The number of nitrogens with one attached hydrogen (secondary N) is 2. The summed E-state index contributed by atoms with van der Waals surface area (Å²) >= 11 is 0. The summed E-state index contributed by atoms with van der Waals surface area (Å²) in [4.78, 5) is 26.4. The van der Waals surface area contributed by atoms with Gasteiger partial charge in [-0.1, -0.05) is 37.3 Å². The van der Waals surface area contributed by atoms with E-state index in [1.165, 1.54) is 0 Å². The van der Waals surface area contributed by atoms with Crippen LogP contribution in [-0.4, -0.2) is 29.4 Å². The number of urea groups is 1. The van der Waals surface area contributed by atoms with E-state index in [-0.39, 0.29) is 11.9 Å². The van der Waals surface area contributed by atoms with Gasteiger partial charge in [-0.3, -0.25) is 4.79 Å². The second-order valence-electron chi connectivity index (χ2n) is 6.66. The predicted molar refractivity (Wildman–Crippen MR) is 103 cm³/mol. The lowest BCUT2D eigenvalue weighted by Crippen LogP contribution is -2.35. The normalized spacial score (nSPS) is 13.1. The first kappa shape index (κ1) is 18.0. The van der Waals surface area contributed by atoms with Crippen molar-refractivity contribution < 1.29 is 9.59 Å². The van der Waals surface area contributed by atoms with E-state index in [1.807, 2.05) is 30.3 Å². The van der Waals surface area contributed by atoms with Gasteiger partial charge in [-0.2, -0.15) is 0 Å². The van der Waals surface area contributed by atoms with E-state index in [2.05, 4.69) is 17.6 Å². The van der Waals surface area contributed by atoms with Crippen molar-refractivity contribution in [2.24, 2.45) is 0 Å². The van der Waals surface area contributed by atoms with Crippen molar-refractivity contribution in [3.05, 3.63) is 65.7 Å². The number of hydrogen-bond donors (Lipinski definition) is 2. The smallest absolute Gasteiger partial charge is 0.322 e. The number of amides is 3. The van der Waals surface area contributed by atoms with Crippen LogP contribution in [0.25, 0.3) is 0 Å². The van der Waals surface area contributed by atoms with Gasteiger partial charge < -0.3 is 15.5 Å². The summed E-state index contributed by atoms with van der Waals surface area (Å²) in [5.74, 6) is -0.0536. The van der Waals surface area contributed by atoms with E-state index >= 15 is 0 Å². The van der Waals surface area contributed by atoms with Crippen LogP contribution in [0.3, 0.4) is 0 Å². The molecule has 1 aliphatic rings. The summed E-state index contributed by atoms with van der Waals surface area (Å²) in [6.07, 6.45) is 3.02. The van der Waals surface area contributed by atoms with Crippen molar-refractivity contribution in [2.75, 3.05) is 11.9 Å². The Kier molecular flexibility index (Phi) is 5.89. The zero-order valence-corrected chi connectivity index (χ0v) is 15.1. The number of carbonyl (C=O) groups is 2. The summed E-state index contributed by atoms with van der Waals surface area (Å²) < 4.78 is 0. The number of benzene rings is 2. The van der Waals surface area contributed by atoms with Gasteiger partial charge in [0.05, 0.1) is 0 Å². The van der Waals surface area contributed by atoms with Gasteiger partial charge in [0.2, 0.25) is 0 Å². The van der Waals surface area contributed by atoms with Crippen molar-refractivity contribution in [3.8, 4) is 0 Å².